The quantitative estimate of drug-likeness (QED) is 0.772. The highest BCUT2D eigenvalue weighted by Gasteiger charge is 2.04. The number of anilines is 1. The van der Waals surface area contributed by atoms with Gasteiger partial charge in [0.15, 0.2) is 0 Å². The largest absolute Gasteiger partial charge is 0.354 e. The fourth-order valence-corrected chi connectivity index (χ4v) is 2.52. The lowest BCUT2D eigenvalue weighted by atomic mass is 10.3. The van der Waals surface area contributed by atoms with Crippen molar-refractivity contribution in [1.82, 2.24) is 24.9 Å². The molecule has 0 bridgehead atoms. The minimum absolute atomic E-state index is 0.586. The molecule has 0 aromatic carbocycles. The maximum absolute atomic E-state index is 4.60. The maximum atomic E-state index is 4.60. The molecular weight excluding hydrogens is 272 g/mol. The summed E-state index contributed by atoms with van der Waals surface area (Å²) in [5.41, 5.74) is 2.10. The molecular formula is C13H12N6S. The zero-order valence-electron chi connectivity index (χ0n) is 10.6. The van der Waals surface area contributed by atoms with Gasteiger partial charge in [0, 0.05) is 36.3 Å². The SMILES string of the molecule is c1cncc(-c2nc(CCNc3ncncn3)cs2)c1. The molecule has 0 unspecified atom stereocenters. The number of nitrogens with one attached hydrogen (secondary N) is 1. The molecule has 0 aliphatic carbocycles. The third-order valence-electron chi connectivity index (χ3n) is 2.62. The smallest absolute Gasteiger partial charge is 0.225 e. The zero-order valence-corrected chi connectivity index (χ0v) is 11.4. The first-order chi connectivity index (χ1) is 9.92. The topological polar surface area (TPSA) is 76.5 Å². The Balaban J connectivity index is 1.58. The first-order valence-electron chi connectivity index (χ1n) is 6.12. The number of hydrogen-bond donors (Lipinski definition) is 1. The second kappa shape index (κ2) is 6.16. The van der Waals surface area contributed by atoms with Crippen molar-refractivity contribution in [3.05, 3.63) is 48.3 Å². The minimum atomic E-state index is 0.586. The van der Waals surface area contributed by atoms with Crippen molar-refractivity contribution < 1.29 is 0 Å². The van der Waals surface area contributed by atoms with Crippen molar-refractivity contribution in [2.75, 3.05) is 11.9 Å². The monoisotopic (exact) mass is 284 g/mol. The van der Waals surface area contributed by atoms with E-state index in [1.807, 2.05) is 18.3 Å². The molecule has 0 amide bonds. The normalized spacial score (nSPS) is 10.4. The molecule has 20 heavy (non-hydrogen) atoms. The molecule has 6 nitrogen and oxygen atoms in total. The van der Waals surface area contributed by atoms with E-state index in [0.29, 0.717) is 5.95 Å². The molecule has 0 saturated heterocycles. The first-order valence-corrected chi connectivity index (χ1v) is 7.00. The lowest BCUT2D eigenvalue weighted by molar-refractivity contribution is 0.940. The predicted octanol–water partition coefficient (Wildman–Crippen LogP) is 2.04. The predicted molar refractivity (Wildman–Crippen MR) is 77.4 cm³/mol. The Morgan fingerprint density at radius 1 is 1.15 bits per heavy atom. The van der Waals surface area contributed by atoms with Gasteiger partial charge in [-0.1, -0.05) is 0 Å². The molecule has 7 heteroatoms. The van der Waals surface area contributed by atoms with Gasteiger partial charge in [-0.15, -0.1) is 11.3 Å². The Morgan fingerprint density at radius 2 is 2.05 bits per heavy atom. The van der Waals surface area contributed by atoms with Gasteiger partial charge >= 0.3 is 0 Å². The van der Waals surface area contributed by atoms with E-state index in [4.69, 9.17) is 0 Å². The van der Waals surface area contributed by atoms with Crippen LogP contribution in [0, 0.1) is 0 Å². The van der Waals surface area contributed by atoms with Gasteiger partial charge in [-0.3, -0.25) is 4.98 Å². The average Bonchev–Trinajstić information content (AvgIpc) is 2.98. The molecule has 3 heterocycles. The highest BCUT2D eigenvalue weighted by Crippen LogP contribution is 2.22. The minimum Gasteiger partial charge on any atom is -0.354 e. The van der Waals surface area contributed by atoms with Crippen LogP contribution in [0.25, 0.3) is 10.6 Å². The molecule has 0 aliphatic heterocycles. The zero-order chi connectivity index (χ0) is 13.6. The van der Waals surface area contributed by atoms with E-state index in [2.05, 4.69) is 35.6 Å². The molecule has 0 saturated carbocycles. The van der Waals surface area contributed by atoms with Crippen LogP contribution in [0.4, 0.5) is 5.95 Å². The number of pyridine rings is 1. The molecule has 3 rings (SSSR count). The molecule has 0 aliphatic rings. The van der Waals surface area contributed by atoms with Crippen molar-refractivity contribution in [3.63, 3.8) is 0 Å². The summed E-state index contributed by atoms with van der Waals surface area (Å²) in [4.78, 5) is 20.5. The van der Waals surface area contributed by atoms with E-state index in [1.54, 1.807) is 17.5 Å². The third-order valence-corrected chi connectivity index (χ3v) is 3.56. The van der Waals surface area contributed by atoms with Crippen LogP contribution in [0.3, 0.4) is 0 Å². The number of rotatable bonds is 5. The Morgan fingerprint density at radius 3 is 2.85 bits per heavy atom. The van der Waals surface area contributed by atoms with Gasteiger partial charge in [0.2, 0.25) is 5.95 Å². The van der Waals surface area contributed by atoms with E-state index >= 15 is 0 Å². The lowest BCUT2D eigenvalue weighted by Gasteiger charge is -2.01. The van der Waals surface area contributed by atoms with Crippen LogP contribution in [0.5, 0.6) is 0 Å². The fourth-order valence-electron chi connectivity index (χ4n) is 1.68. The molecule has 3 aromatic heterocycles. The summed E-state index contributed by atoms with van der Waals surface area (Å²) in [5, 5.41) is 6.19. The molecule has 0 fully saturated rings. The van der Waals surface area contributed by atoms with Crippen LogP contribution in [0.15, 0.2) is 42.6 Å². The lowest BCUT2D eigenvalue weighted by Crippen LogP contribution is -2.08. The van der Waals surface area contributed by atoms with E-state index in [1.165, 1.54) is 12.7 Å². The standard InChI is InChI=1S/C13H12N6S/c1-2-10(6-14-4-1)12-19-11(7-20-12)3-5-16-13-17-8-15-9-18-13/h1-2,4,6-9H,3,5H2,(H,15,16,17,18). The van der Waals surface area contributed by atoms with E-state index in [9.17, 15) is 0 Å². The number of nitrogens with zero attached hydrogens (tertiary/aromatic N) is 5. The van der Waals surface area contributed by atoms with Gasteiger partial charge in [-0.25, -0.2) is 19.9 Å². The fraction of sp³-hybridized carbons (Fsp3) is 0.154. The Bertz CT molecular complexity index is 655. The van der Waals surface area contributed by atoms with Crippen LogP contribution >= 0.6 is 11.3 Å². The second-order valence-electron chi connectivity index (χ2n) is 4.02. The van der Waals surface area contributed by atoms with E-state index < -0.39 is 0 Å². The summed E-state index contributed by atoms with van der Waals surface area (Å²) in [5.74, 6) is 0.586. The molecule has 1 N–H and O–H groups in total. The van der Waals surface area contributed by atoms with Crippen molar-refractivity contribution in [3.8, 4) is 10.6 Å². The summed E-state index contributed by atoms with van der Waals surface area (Å²) >= 11 is 1.63. The van der Waals surface area contributed by atoms with Crippen LogP contribution in [-0.4, -0.2) is 31.5 Å². The summed E-state index contributed by atoms with van der Waals surface area (Å²) in [6, 6.07) is 3.93. The van der Waals surface area contributed by atoms with Crippen molar-refractivity contribution in [1.29, 1.82) is 0 Å². The Kier molecular flexibility index (Phi) is 3.88. The Hall–Kier alpha value is -2.41. The van der Waals surface area contributed by atoms with Gasteiger partial charge in [0.05, 0.1) is 5.69 Å². The van der Waals surface area contributed by atoms with Crippen LogP contribution < -0.4 is 5.32 Å². The van der Waals surface area contributed by atoms with Gasteiger partial charge in [0.25, 0.3) is 0 Å². The summed E-state index contributed by atoms with van der Waals surface area (Å²) in [6.45, 7) is 0.736. The maximum Gasteiger partial charge on any atom is 0.225 e. The van der Waals surface area contributed by atoms with Crippen LogP contribution in [0.1, 0.15) is 5.69 Å². The average molecular weight is 284 g/mol. The molecule has 0 radical (unpaired) electrons. The van der Waals surface area contributed by atoms with Gasteiger partial charge in [-0.05, 0) is 12.1 Å². The number of hydrogen-bond acceptors (Lipinski definition) is 7. The van der Waals surface area contributed by atoms with Crippen molar-refractivity contribution in [2.24, 2.45) is 0 Å². The molecule has 3 aromatic rings. The highest BCUT2D eigenvalue weighted by atomic mass is 32.1. The van der Waals surface area contributed by atoms with Gasteiger partial charge in [-0.2, -0.15) is 0 Å². The van der Waals surface area contributed by atoms with Gasteiger partial charge < -0.3 is 5.32 Å². The van der Waals surface area contributed by atoms with Crippen LogP contribution in [-0.2, 0) is 6.42 Å². The molecule has 0 spiro atoms. The van der Waals surface area contributed by atoms with Crippen LogP contribution in [0.2, 0.25) is 0 Å². The molecule has 100 valence electrons. The Labute approximate surface area is 120 Å². The first kappa shape index (κ1) is 12.6. The number of aromatic nitrogens is 5. The van der Waals surface area contributed by atoms with Crippen molar-refractivity contribution >= 4 is 17.3 Å². The highest BCUT2D eigenvalue weighted by molar-refractivity contribution is 7.13. The summed E-state index contributed by atoms with van der Waals surface area (Å²) in [7, 11) is 0. The number of thiazole rings is 1. The van der Waals surface area contributed by atoms with E-state index in [-0.39, 0.29) is 0 Å². The summed E-state index contributed by atoms with van der Waals surface area (Å²) in [6.07, 6.45) is 7.35. The van der Waals surface area contributed by atoms with Gasteiger partial charge in [0.1, 0.15) is 17.7 Å². The third kappa shape index (κ3) is 3.12. The summed E-state index contributed by atoms with van der Waals surface area (Å²) < 4.78 is 0. The van der Waals surface area contributed by atoms with Crippen molar-refractivity contribution in [2.45, 2.75) is 6.42 Å². The molecule has 0 atom stereocenters. The van der Waals surface area contributed by atoms with E-state index in [0.717, 1.165) is 29.2 Å². The second-order valence-corrected chi connectivity index (χ2v) is 4.88.